The van der Waals surface area contributed by atoms with Crippen LogP contribution in [0.15, 0.2) is 30.3 Å². The van der Waals surface area contributed by atoms with E-state index in [9.17, 15) is 0 Å². The van der Waals surface area contributed by atoms with E-state index < -0.39 is 0 Å². The van der Waals surface area contributed by atoms with Gasteiger partial charge in [-0.05, 0) is 35.4 Å². The van der Waals surface area contributed by atoms with Crippen LogP contribution in [0.2, 0.25) is 0 Å². The third-order valence-corrected chi connectivity index (χ3v) is 5.25. The Kier molecular flexibility index (Phi) is 2.13. The highest BCUT2D eigenvalue weighted by Crippen LogP contribution is 2.65. The predicted octanol–water partition coefficient (Wildman–Crippen LogP) is 3.60. The number of nitrogens with two attached hydrogens (primary N) is 1. The van der Waals surface area contributed by atoms with Crippen LogP contribution in [0, 0.1) is 11.3 Å². The van der Waals surface area contributed by atoms with E-state index in [0.717, 1.165) is 6.54 Å². The van der Waals surface area contributed by atoms with Crippen molar-refractivity contribution in [1.29, 1.82) is 0 Å². The summed E-state index contributed by atoms with van der Waals surface area (Å²) in [5.41, 5.74) is 6.23. The molecular formula is C14H17NS. The molecule has 16 heavy (non-hydrogen) atoms. The molecule has 0 radical (unpaired) electrons. The zero-order valence-electron chi connectivity index (χ0n) is 9.73. The number of benzene rings is 1. The van der Waals surface area contributed by atoms with Crippen LogP contribution in [-0.4, -0.2) is 6.54 Å². The zero-order chi connectivity index (χ0) is 11.3. The van der Waals surface area contributed by atoms with Crippen molar-refractivity contribution in [2.75, 3.05) is 6.54 Å². The van der Waals surface area contributed by atoms with E-state index in [0.29, 0.717) is 17.3 Å². The lowest BCUT2D eigenvalue weighted by atomic mass is 10.1. The second-order valence-corrected chi connectivity index (χ2v) is 6.44. The van der Waals surface area contributed by atoms with E-state index in [4.69, 9.17) is 5.73 Å². The van der Waals surface area contributed by atoms with Gasteiger partial charge in [-0.25, -0.2) is 0 Å². The fraction of sp³-hybridized carbons (Fsp3) is 0.429. The molecule has 0 unspecified atom stereocenters. The monoisotopic (exact) mass is 231 g/mol. The van der Waals surface area contributed by atoms with Gasteiger partial charge >= 0.3 is 0 Å². The van der Waals surface area contributed by atoms with Crippen LogP contribution in [0.3, 0.4) is 0 Å². The van der Waals surface area contributed by atoms with Crippen LogP contribution in [0.4, 0.5) is 0 Å². The second-order valence-electron chi connectivity index (χ2n) is 5.33. The fourth-order valence-electron chi connectivity index (χ4n) is 2.90. The van der Waals surface area contributed by atoms with Gasteiger partial charge in [-0.3, -0.25) is 0 Å². The Morgan fingerprint density at radius 3 is 2.69 bits per heavy atom. The molecule has 0 amide bonds. The van der Waals surface area contributed by atoms with E-state index in [1.54, 1.807) is 0 Å². The van der Waals surface area contributed by atoms with Gasteiger partial charge in [0.15, 0.2) is 0 Å². The molecular weight excluding hydrogens is 214 g/mol. The average Bonchev–Trinajstić information content (AvgIpc) is 2.65. The molecule has 1 nitrogen and oxygen atoms in total. The maximum Gasteiger partial charge on any atom is 0.0345 e. The third-order valence-electron chi connectivity index (χ3n) is 4.06. The molecule has 0 aliphatic heterocycles. The van der Waals surface area contributed by atoms with Gasteiger partial charge in [0.25, 0.3) is 0 Å². The Morgan fingerprint density at radius 2 is 2.06 bits per heavy atom. The molecule has 1 saturated carbocycles. The van der Waals surface area contributed by atoms with Crippen molar-refractivity contribution >= 4 is 21.4 Å². The second kappa shape index (κ2) is 3.31. The van der Waals surface area contributed by atoms with E-state index in [1.165, 1.54) is 15.0 Å². The highest BCUT2D eigenvalue weighted by atomic mass is 32.1. The number of rotatable bonds is 2. The van der Waals surface area contributed by atoms with Crippen LogP contribution in [0.1, 0.15) is 24.6 Å². The Bertz CT molecular complexity index is 493. The highest BCUT2D eigenvalue weighted by Gasteiger charge is 2.57. The fourth-order valence-corrected chi connectivity index (χ4v) is 4.33. The van der Waals surface area contributed by atoms with Gasteiger partial charge in [0.05, 0.1) is 0 Å². The number of thiophene rings is 1. The summed E-state index contributed by atoms with van der Waals surface area (Å²) in [5, 5.41) is 1.38. The first-order valence-corrected chi connectivity index (χ1v) is 6.65. The quantitative estimate of drug-likeness (QED) is 0.839. The van der Waals surface area contributed by atoms with E-state index in [1.807, 2.05) is 11.3 Å². The van der Waals surface area contributed by atoms with Gasteiger partial charge in [-0.15, -0.1) is 11.3 Å². The van der Waals surface area contributed by atoms with Crippen molar-refractivity contribution in [3.8, 4) is 0 Å². The average molecular weight is 231 g/mol. The minimum atomic E-state index is 0.398. The molecule has 1 fully saturated rings. The maximum absolute atomic E-state index is 5.84. The first-order valence-electron chi connectivity index (χ1n) is 5.83. The predicted molar refractivity (Wildman–Crippen MR) is 70.9 cm³/mol. The topological polar surface area (TPSA) is 26.0 Å². The summed E-state index contributed by atoms with van der Waals surface area (Å²) < 4.78 is 1.40. The summed E-state index contributed by atoms with van der Waals surface area (Å²) in [6, 6.07) is 11.0. The van der Waals surface area contributed by atoms with E-state index >= 15 is 0 Å². The molecule has 84 valence electrons. The van der Waals surface area contributed by atoms with Crippen molar-refractivity contribution < 1.29 is 0 Å². The van der Waals surface area contributed by atoms with Crippen LogP contribution in [0.25, 0.3) is 10.1 Å². The smallest absolute Gasteiger partial charge is 0.0345 e. The molecule has 2 heteroatoms. The summed E-state index contributed by atoms with van der Waals surface area (Å²) >= 11 is 1.93. The Morgan fingerprint density at radius 1 is 1.31 bits per heavy atom. The van der Waals surface area contributed by atoms with Gasteiger partial charge in [-0.2, -0.15) is 0 Å². The van der Waals surface area contributed by atoms with Crippen LogP contribution in [0.5, 0.6) is 0 Å². The van der Waals surface area contributed by atoms with Gasteiger partial charge in [0.2, 0.25) is 0 Å². The molecule has 1 aromatic heterocycles. The Balaban J connectivity index is 2.02. The lowest BCUT2D eigenvalue weighted by molar-refractivity contribution is 0.559. The van der Waals surface area contributed by atoms with Crippen molar-refractivity contribution in [3.05, 3.63) is 35.2 Å². The summed E-state index contributed by atoms with van der Waals surface area (Å²) in [6.45, 7) is 5.48. The molecule has 2 N–H and O–H groups in total. The molecule has 1 aromatic carbocycles. The molecule has 2 aromatic rings. The van der Waals surface area contributed by atoms with Crippen LogP contribution in [-0.2, 0) is 0 Å². The van der Waals surface area contributed by atoms with Crippen molar-refractivity contribution in [2.45, 2.75) is 19.8 Å². The van der Waals surface area contributed by atoms with Gasteiger partial charge < -0.3 is 5.73 Å². The molecule has 1 aliphatic carbocycles. The number of fused-ring (bicyclic) bond motifs is 1. The lowest BCUT2D eigenvalue weighted by Crippen LogP contribution is -2.05. The largest absolute Gasteiger partial charge is 0.330 e. The van der Waals surface area contributed by atoms with Crippen molar-refractivity contribution in [3.63, 3.8) is 0 Å². The summed E-state index contributed by atoms with van der Waals surface area (Å²) in [4.78, 5) is 1.52. The summed E-state index contributed by atoms with van der Waals surface area (Å²) in [6.07, 6.45) is 0. The maximum atomic E-state index is 5.84. The highest BCUT2D eigenvalue weighted by molar-refractivity contribution is 7.19. The Hall–Kier alpha value is -0.860. The Labute approximate surface area is 100 Å². The van der Waals surface area contributed by atoms with Crippen LogP contribution < -0.4 is 5.73 Å². The van der Waals surface area contributed by atoms with E-state index in [-0.39, 0.29) is 0 Å². The molecule has 3 rings (SSSR count). The van der Waals surface area contributed by atoms with Crippen molar-refractivity contribution in [1.82, 2.24) is 0 Å². The molecule has 0 bridgehead atoms. The van der Waals surface area contributed by atoms with Crippen LogP contribution >= 0.6 is 11.3 Å². The normalized spacial score (nSPS) is 27.2. The van der Waals surface area contributed by atoms with Gasteiger partial charge in [-0.1, -0.05) is 32.0 Å². The van der Waals surface area contributed by atoms with Crippen molar-refractivity contribution in [2.24, 2.45) is 17.1 Å². The first kappa shape index (κ1) is 10.3. The SMILES string of the molecule is CC1(C)[C@@H](CN)[C@@H]1c1cc2ccccc2s1. The minimum absolute atomic E-state index is 0.398. The minimum Gasteiger partial charge on any atom is -0.330 e. The zero-order valence-corrected chi connectivity index (χ0v) is 10.6. The third kappa shape index (κ3) is 1.33. The van der Waals surface area contributed by atoms with Gasteiger partial charge in [0.1, 0.15) is 0 Å². The summed E-state index contributed by atoms with van der Waals surface area (Å²) in [7, 11) is 0. The summed E-state index contributed by atoms with van der Waals surface area (Å²) in [5.74, 6) is 1.34. The van der Waals surface area contributed by atoms with E-state index in [2.05, 4.69) is 44.2 Å². The molecule has 0 spiro atoms. The number of hydrogen-bond acceptors (Lipinski definition) is 2. The standard InChI is InChI=1S/C14H17NS/c1-14(2)10(8-15)13(14)12-7-9-5-3-4-6-11(9)16-12/h3-7,10,13H,8,15H2,1-2H3/t10-,13+/m0/s1. The lowest BCUT2D eigenvalue weighted by Gasteiger charge is -1.98. The first-order chi connectivity index (χ1) is 7.64. The molecule has 1 heterocycles. The molecule has 0 saturated heterocycles. The molecule has 1 aliphatic rings. The van der Waals surface area contributed by atoms with Gasteiger partial charge in [0, 0.05) is 15.5 Å². The number of hydrogen-bond donors (Lipinski definition) is 1. The molecule has 2 atom stereocenters.